The number of hydrogen-bond donors (Lipinski definition) is 2. The van der Waals surface area contributed by atoms with E-state index < -0.39 is 0 Å². The molecule has 4 rings (SSSR count). The van der Waals surface area contributed by atoms with Crippen LogP contribution in [-0.4, -0.2) is 23.4 Å². The van der Waals surface area contributed by atoms with Gasteiger partial charge in [0.1, 0.15) is 23.0 Å². The topological polar surface area (TPSA) is 58.9 Å². The summed E-state index contributed by atoms with van der Waals surface area (Å²) in [4.78, 5) is 0. The van der Waals surface area contributed by atoms with Crippen LogP contribution >= 0.6 is 0 Å². The fraction of sp³-hybridized carbons (Fsp3) is 0.286. The van der Waals surface area contributed by atoms with Crippen molar-refractivity contribution >= 4 is 21.5 Å². The Labute approximate surface area is 189 Å². The van der Waals surface area contributed by atoms with Gasteiger partial charge in [-0.25, -0.2) is 0 Å². The molecule has 0 spiro atoms. The van der Waals surface area contributed by atoms with Gasteiger partial charge in [0, 0.05) is 32.7 Å². The molecule has 0 aliphatic rings. The van der Waals surface area contributed by atoms with Crippen LogP contribution in [0.2, 0.25) is 0 Å². The van der Waals surface area contributed by atoms with Crippen molar-refractivity contribution in [3.05, 3.63) is 60.7 Å². The van der Waals surface area contributed by atoms with E-state index in [-0.39, 0.29) is 11.5 Å². The lowest BCUT2D eigenvalue weighted by Crippen LogP contribution is -1.99. The average Bonchev–Trinajstić information content (AvgIpc) is 2.83. The lowest BCUT2D eigenvalue weighted by atomic mass is 9.95. The zero-order valence-corrected chi connectivity index (χ0v) is 18.7. The summed E-state index contributed by atoms with van der Waals surface area (Å²) < 4.78 is 12.2. The predicted octanol–water partition coefficient (Wildman–Crippen LogP) is 7.43. The Bertz CT molecular complexity index is 1130. The molecule has 0 amide bonds. The highest BCUT2D eigenvalue weighted by molar-refractivity contribution is 6.04. The lowest BCUT2D eigenvalue weighted by Gasteiger charge is -2.18. The van der Waals surface area contributed by atoms with Gasteiger partial charge in [-0.2, -0.15) is 0 Å². The van der Waals surface area contributed by atoms with Crippen molar-refractivity contribution in [3.63, 3.8) is 0 Å². The van der Waals surface area contributed by atoms with E-state index in [1.807, 2.05) is 60.7 Å². The quantitative estimate of drug-likeness (QED) is 0.271. The highest BCUT2D eigenvalue weighted by Crippen LogP contribution is 2.48. The highest BCUT2D eigenvalue weighted by Gasteiger charge is 2.20. The van der Waals surface area contributed by atoms with Crippen LogP contribution in [-0.2, 0) is 0 Å². The third kappa shape index (κ3) is 4.18. The molecule has 0 aromatic heterocycles. The Hall–Kier alpha value is -3.40. The summed E-state index contributed by atoms with van der Waals surface area (Å²) in [6.07, 6.45) is 3.96. The first-order chi connectivity index (χ1) is 15.7. The molecule has 0 bridgehead atoms. The Morgan fingerprint density at radius 1 is 0.594 bits per heavy atom. The summed E-state index contributed by atoms with van der Waals surface area (Å²) in [6.45, 7) is 5.44. The molecule has 4 heteroatoms. The molecular weight excluding hydrogens is 400 g/mol. The number of hydrogen-bond acceptors (Lipinski definition) is 4. The maximum Gasteiger partial charge on any atom is 0.131 e. The van der Waals surface area contributed by atoms with Gasteiger partial charge in [0.15, 0.2) is 0 Å². The predicted molar refractivity (Wildman–Crippen MR) is 131 cm³/mol. The molecule has 0 atom stereocenters. The van der Waals surface area contributed by atoms with Gasteiger partial charge in [-0.15, -0.1) is 0 Å². The van der Waals surface area contributed by atoms with E-state index in [4.69, 9.17) is 9.47 Å². The summed E-state index contributed by atoms with van der Waals surface area (Å²) in [5, 5.41) is 25.5. The fourth-order valence-corrected chi connectivity index (χ4v) is 3.96. The SMILES string of the molecule is CCCCOc1cc(-c2cc(OCCCC)c3ccccc3c2O)c(O)c2ccccc12. The van der Waals surface area contributed by atoms with Gasteiger partial charge in [-0.05, 0) is 25.0 Å². The Balaban J connectivity index is 1.92. The average molecular weight is 431 g/mol. The molecule has 32 heavy (non-hydrogen) atoms. The molecule has 0 saturated heterocycles. The van der Waals surface area contributed by atoms with E-state index in [1.54, 1.807) is 0 Å². The molecule has 4 aromatic rings. The van der Waals surface area contributed by atoms with Gasteiger partial charge >= 0.3 is 0 Å². The van der Waals surface area contributed by atoms with Crippen molar-refractivity contribution in [3.8, 4) is 34.1 Å². The summed E-state index contributed by atoms with van der Waals surface area (Å²) in [6, 6.07) is 18.9. The Morgan fingerprint density at radius 3 is 1.34 bits per heavy atom. The van der Waals surface area contributed by atoms with Crippen molar-refractivity contribution in [2.75, 3.05) is 13.2 Å². The van der Waals surface area contributed by atoms with Crippen molar-refractivity contribution < 1.29 is 19.7 Å². The summed E-state index contributed by atoms with van der Waals surface area (Å²) in [5.41, 5.74) is 1.05. The van der Waals surface area contributed by atoms with Gasteiger partial charge in [0.25, 0.3) is 0 Å². The third-order valence-electron chi connectivity index (χ3n) is 5.76. The van der Waals surface area contributed by atoms with Crippen LogP contribution in [0, 0.1) is 0 Å². The first-order valence-corrected chi connectivity index (χ1v) is 11.4. The molecule has 2 N–H and O–H groups in total. The molecule has 0 unspecified atom stereocenters. The molecule has 0 saturated carbocycles. The minimum atomic E-state index is 0.119. The van der Waals surface area contributed by atoms with E-state index in [9.17, 15) is 10.2 Å². The van der Waals surface area contributed by atoms with Crippen molar-refractivity contribution in [1.29, 1.82) is 0 Å². The minimum Gasteiger partial charge on any atom is -0.507 e. The molecular formula is C28H30O4. The smallest absolute Gasteiger partial charge is 0.131 e. The van der Waals surface area contributed by atoms with E-state index in [1.165, 1.54) is 0 Å². The maximum absolute atomic E-state index is 11.2. The molecule has 0 fully saturated rings. The minimum absolute atomic E-state index is 0.119. The second kappa shape index (κ2) is 9.82. The van der Waals surface area contributed by atoms with Crippen LogP contribution in [0.5, 0.6) is 23.0 Å². The number of phenolic OH excluding ortho intramolecular Hbond substituents is 2. The van der Waals surface area contributed by atoms with Gasteiger partial charge in [0.05, 0.1) is 13.2 Å². The molecule has 166 valence electrons. The Kier molecular flexibility index (Phi) is 6.69. The number of phenols is 2. The third-order valence-corrected chi connectivity index (χ3v) is 5.76. The normalized spacial score (nSPS) is 11.2. The number of fused-ring (bicyclic) bond motifs is 2. The molecule has 4 nitrogen and oxygen atoms in total. The lowest BCUT2D eigenvalue weighted by molar-refractivity contribution is 0.312. The molecule has 0 radical (unpaired) electrons. The number of unbranched alkanes of at least 4 members (excludes halogenated alkanes) is 2. The van der Waals surface area contributed by atoms with Crippen LogP contribution in [0.15, 0.2) is 60.7 Å². The second-order valence-corrected chi connectivity index (χ2v) is 8.04. The number of benzene rings is 4. The molecule has 0 heterocycles. The monoisotopic (exact) mass is 430 g/mol. The number of rotatable bonds is 9. The zero-order chi connectivity index (χ0) is 22.5. The Morgan fingerprint density at radius 2 is 0.969 bits per heavy atom. The van der Waals surface area contributed by atoms with Crippen LogP contribution in [0.1, 0.15) is 39.5 Å². The van der Waals surface area contributed by atoms with Gasteiger partial charge in [0.2, 0.25) is 0 Å². The molecule has 0 aliphatic carbocycles. The van der Waals surface area contributed by atoms with Crippen LogP contribution in [0.25, 0.3) is 32.7 Å². The standard InChI is InChI=1S/C28H30O4/c1-3-5-15-31-25-17-23(27(29)21-13-9-7-11-19(21)25)24-18-26(32-16-6-4-2)20-12-8-10-14-22(20)28(24)30/h7-14,17-18,29-30H,3-6,15-16H2,1-2H3. The maximum atomic E-state index is 11.2. The van der Waals surface area contributed by atoms with Gasteiger partial charge in [-0.3, -0.25) is 0 Å². The van der Waals surface area contributed by atoms with E-state index in [0.717, 1.165) is 36.5 Å². The van der Waals surface area contributed by atoms with Crippen LogP contribution < -0.4 is 9.47 Å². The molecule has 4 aromatic carbocycles. The van der Waals surface area contributed by atoms with Crippen LogP contribution in [0.4, 0.5) is 0 Å². The zero-order valence-electron chi connectivity index (χ0n) is 18.7. The second-order valence-electron chi connectivity index (χ2n) is 8.04. The summed E-state index contributed by atoms with van der Waals surface area (Å²) in [7, 11) is 0. The summed E-state index contributed by atoms with van der Waals surface area (Å²) >= 11 is 0. The van der Waals surface area contributed by atoms with Crippen molar-refractivity contribution in [2.24, 2.45) is 0 Å². The first-order valence-electron chi connectivity index (χ1n) is 11.4. The van der Waals surface area contributed by atoms with Crippen molar-refractivity contribution in [1.82, 2.24) is 0 Å². The first kappa shape index (κ1) is 21.8. The van der Waals surface area contributed by atoms with Gasteiger partial charge in [-0.1, -0.05) is 75.2 Å². The van der Waals surface area contributed by atoms with Crippen molar-refractivity contribution in [2.45, 2.75) is 39.5 Å². The van der Waals surface area contributed by atoms with E-state index in [0.29, 0.717) is 46.6 Å². The van der Waals surface area contributed by atoms with Crippen LogP contribution in [0.3, 0.4) is 0 Å². The highest BCUT2D eigenvalue weighted by atomic mass is 16.5. The summed E-state index contributed by atoms with van der Waals surface area (Å²) in [5.74, 6) is 1.63. The fourth-order valence-electron chi connectivity index (χ4n) is 3.96. The van der Waals surface area contributed by atoms with Gasteiger partial charge < -0.3 is 19.7 Å². The number of aromatic hydroxyl groups is 2. The van der Waals surface area contributed by atoms with E-state index >= 15 is 0 Å². The number of ether oxygens (including phenoxy) is 2. The largest absolute Gasteiger partial charge is 0.507 e. The molecule has 0 aliphatic heterocycles. The van der Waals surface area contributed by atoms with E-state index in [2.05, 4.69) is 13.8 Å².